The molecule has 0 spiro atoms. The lowest BCUT2D eigenvalue weighted by Crippen LogP contribution is -2.26. The van der Waals surface area contributed by atoms with E-state index in [4.69, 9.17) is 19.7 Å². The van der Waals surface area contributed by atoms with Crippen molar-refractivity contribution in [1.82, 2.24) is 24.1 Å². The number of hydrogen-bond acceptors (Lipinski definition) is 5. The smallest absolute Gasteiger partial charge is 0.265 e. The second-order valence-electron chi connectivity index (χ2n) is 8.28. The largest absolute Gasteiger partial charge is 0.376 e. The lowest BCUT2D eigenvalue weighted by Gasteiger charge is -2.11. The summed E-state index contributed by atoms with van der Waals surface area (Å²) < 4.78 is 9.34. The molecule has 1 aliphatic rings. The third kappa shape index (κ3) is 3.00. The van der Waals surface area contributed by atoms with Gasteiger partial charge in [0.25, 0.3) is 5.56 Å². The molecular formula is C25H23N5O2. The molecule has 5 aromatic rings. The lowest BCUT2D eigenvalue weighted by molar-refractivity contribution is 0.0960. The minimum atomic E-state index is -0.107. The number of fused-ring (bicyclic) bond motifs is 4. The minimum absolute atomic E-state index is 0.0498. The predicted molar refractivity (Wildman–Crippen MR) is 124 cm³/mol. The van der Waals surface area contributed by atoms with Crippen molar-refractivity contribution in [2.75, 3.05) is 6.61 Å². The van der Waals surface area contributed by atoms with Gasteiger partial charge in [0.1, 0.15) is 17.2 Å². The molecule has 0 saturated carbocycles. The van der Waals surface area contributed by atoms with Crippen molar-refractivity contribution < 1.29 is 4.74 Å². The number of benzene rings is 2. The molecule has 0 bridgehead atoms. The maximum absolute atomic E-state index is 13.6. The highest BCUT2D eigenvalue weighted by atomic mass is 16.5. The predicted octanol–water partition coefficient (Wildman–Crippen LogP) is 4.03. The minimum Gasteiger partial charge on any atom is -0.376 e. The van der Waals surface area contributed by atoms with E-state index in [1.807, 2.05) is 41.0 Å². The summed E-state index contributed by atoms with van der Waals surface area (Å²) in [4.78, 5) is 28.1. The van der Waals surface area contributed by atoms with Crippen molar-refractivity contribution in [3.05, 3.63) is 70.8 Å². The number of hydrogen-bond donors (Lipinski definition) is 0. The van der Waals surface area contributed by atoms with Gasteiger partial charge in [-0.25, -0.2) is 15.0 Å². The zero-order chi connectivity index (χ0) is 21.7. The second kappa shape index (κ2) is 7.53. The molecule has 1 atom stereocenters. The van der Waals surface area contributed by atoms with Crippen LogP contribution in [0.15, 0.2) is 59.7 Å². The fourth-order valence-corrected chi connectivity index (χ4v) is 4.54. The third-order valence-electron chi connectivity index (χ3n) is 6.26. The number of para-hydroxylation sites is 2. The molecule has 0 aliphatic carbocycles. The monoisotopic (exact) mass is 425 g/mol. The Bertz CT molecular complexity index is 1510. The SMILES string of the molecule is CCc1ccc(-n2c3nc4ccccc4nc3c3c(=O)n(C[C@@H]4CCCO4)cnc32)cc1. The maximum atomic E-state index is 13.6. The molecule has 1 fully saturated rings. The van der Waals surface area contributed by atoms with Crippen molar-refractivity contribution in [3.63, 3.8) is 0 Å². The van der Waals surface area contributed by atoms with E-state index in [0.29, 0.717) is 28.7 Å². The molecule has 7 nitrogen and oxygen atoms in total. The van der Waals surface area contributed by atoms with Gasteiger partial charge in [0.2, 0.25) is 0 Å². The van der Waals surface area contributed by atoms with Crippen molar-refractivity contribution in [1.29, 1.82) is 0 Å². The molecule has 2 aromatic carbocycles. The molecule has 7 heteroatoms. The van der Waals surface area contributed by atoms with Gasteiger partial charge in [-0.3, -0.25) is 13.9 Å². The molecule has 160 valence electrons. The molecule has 4 heterocycles. The van der Waals surface area contributed by atoms with Gasteiger partial charge < -0.3 is 4.74 Å². The van der Waals surface area contributed by atoms with Crippen LogP contribution in [0, 0.1) is 0 Å². The topological polar surface area (TPSA) is 74.8 Å². The number of aryl methyl sites for hydroxylation is 1. The first kappa shape index (κ1) is 19.1. The van der Waals surface area contributed by atoms with Gasteiger partial charge >= 0.3 is 0 Å². The molecule has 1 aliphatic heterocycles. The average molecular weight is 425 g/mol. The molecule has 0 unspecified atom stereocenters. The molecule has 32 heavy (non-hydrogen) atoms. The first-order valence-corrected chi connectivity index (χ1v) is 11.1. The van der Waals surface area contributed by atoms with E-state index in [1.165, 1.54) is 5.56 Å². The van der Waals surface area contributed by atoms with Crippen LogP contribution in [0.5, 0.6) is 0 Å². The number of aromatic nitrogens is 5. The Kier molecular flexibility index (Phi) is 4.50. The normalized spacial score (nSPS) is 16.5. The molecule has 6 rings (SSSR count). The highest BCUT2D eigenvalue weighted by molar-refractivity contribution is 6.05. The number of nitrogens with zero attached hydrogens (tertiary/aromatic N) is 5. The van der Waals surface area contributed by atoms with Gasteiger partial charge in [0.15, 0.2) is 11.3 Å². The zero-order valence-corrected chi connectivity index (χ0v) is 17.9. The van der Waals surface area contributed by atoms with E-state index < -0.39 is 0 Å². The van der Waals surface area contributed by atoms with E-state index in [2.05, 4.69) is 19.1 Å². The Balaban J connectivity index is 1.66. The van der Waals surface area contributed by atoms with Gasteiger partial charge in [0, 0.05) is 12.3 Å². The summed E-state index contributed by atoms with van der Waals surface area (Å²) in [6.07, 6.45) is 4.63. The van der Waals surface area contributed by atoms with Crippen LogP contribution < -0.4 is 5.56 Å². The van der Waals surface area contributed by atoms with Crippen molar-refractivity contribution in [2.24, 2.45) is 0 Å². The van der Waals surface area contributed by atoms with Crippen LogP contribution in [-0.4, -0.2) is 36.8 Å². The summed E-state index contributed by atoms with van der Waals surface area (Å²) >= 11 is 0. The van der Waals surface area contributed by atoms with E-state index in [-0.39, 0.29) is 11.7 Å². The molecule has 0 radical (unpaired) electrons. The molecule has 0 N–H and O–H groups in total. The fraction of sp³-hybridized carbons (Fsp3) is 0.280. The fourth-order valence-electron chi connectivity index (χ4n) is 4.54. The summed E-state index contributed by atoms with van der Waals surface area (Å²) in [6.45, 7) is 3.38. The van der Waals surface area contributed by atoms with Crippen LogP contribution in [-0.2, 0) is 17.7 Å². The van der Waals surface area contributed by atoms with Crippen LogP contribution in [0.4, 0.5) is 0 Å². The average Bonchev–Trinajstić information content (AvgIpc) is 3.45. The van der Waals surface area contributed by atoms with Crippen molar-refractivity contribution in [2.45, 2.75) is 38.8 Å². The van der Waals surface area contributed by atoms with Crippen LogP contribution in [0.25, 0.3) is 38.9 Å². The number of ether oxygens (including phenoxy) is 1. The van der Waals surface area contributed by atoms with E-state index in [9.17, 15) is 4.79 Å². The Morgan fingerprint density at radius 3 is 2.53 bits per heavy atom. The third-order valence-corrected chi connectivity index (χ3v) is 6.26. The van der Waals surface area contributed by atoms with Gasteiger partial charge in [0.05, 0.1) is 23.7 Å². The molecule has 3 aromatic heterocycles. The Labute approximate surface area is 184 Å². The quantitative estimate of drug-likeness (QED) is 0.435. The number of rotatable bonds is 4. The Morgan fingerprint density at radius 2 is 1.81 bits per heavy atom. The lowest BCUT2D eigenvalue weighted by atomic mass is 10.1. The standard InChI is InChI=1S/C25H23N5O2/c1-2-16-9-11-17(12-10-16)30-23-21(22-24(30)28-20-8-4-3-7-19(20)27-22)25(31)29(15-26-23)14-18-6-5-13-32-18/h3-4,7-12,15,18H,2,5-6,13-14H2,1H3/t18-/m0/s1. The Morgan fingerprint density at radius 1 is 1.03 bits per heavy atom. The second-order valence-corrected chi connectivity index (χ2v) is 8.28. The Hall–Kier alpha value is -3.58. The van der Waals surface area contributed by atoms with Gasteiger partial charge in [-0.15, -0.1) is 0 Å². The van der Waals surface area contributed by atoms with E-state index in [0.717, 1.165) is 42.6 Å². The molecule has 1 saturated heterocycles. The highest BCUT2D eigenvalue weighted by Gasteiger charge is 2.23. The highest BCUT2D eigenvalue weighted by Crippen LogP contribution is 2.28. The molecular weight excluding hydrogens is 402 g/mol. The van der Waals surface area contributed by atoms with E-state index >= 15 is 0 Å². The van der Waals surface area contributed by atoms with Gasteiger partial charge in [-0.05, 0) is 49.1 Å². The van der Waals surface area contributed by atoms with Crippen LogP contribution in [0.3, 0.4) is 0 Å². The summed E-state index contributed by atoms with van der Waals surface area (Å²) in [5.41, 5.74) is 5.40. The van der Waals surface area contributed by atoms with Crippen LogP contribution >= 0.6 is 0 Å². The van der Waals surface area contributed by atoms with Crippen molar-refractivity contribution >= 4 is 33.2 Å². The van der Waals surface area contributed by atoms with E-state index in [1.54, 1.807) is 10.9 Å². The summed E-state index contributed by atoms with van der Waals surface area (Å²) in [5, 5.41) is 0.498. The summed E-state index contributed by atoms with van der Waals surface area (Å²) in [7, 11) is 0. The molecule has 0 amide bonds. The van der Waals surface area contributed by atoms with Gasteiger partial charge in [-0.2, -0.15) is 0 Å². The summed E-state index contributed by atoms with van der Waals surface area (Å²) in [6, 6.07) is 16.0. The van der Waals surface area contributed by atoms with Crippen LogP contribution in [0.1, 0.15) is 25.3 Å². The maximum Gasteiger partial charge on any atom is 0.265 e. The van der Waals surface area contributed by atoms with Crippen molar-refractivity contribution in [3.8, 4) is 5.69 Å². The first-order valence-electron chi connectivity index (χ1n) is 11.1. The van der Waals surface area contributed by atoms with Crippen LogP contribution in [0.2, 0.25) is 0 Å². The zero-order valence-electron chi connectivity index (χ0n) is 17.9. The first-order chi connectivity index (χ1) is 15.7. The van der Waals surface area contributed by atoms with Gasteiger partial charge in [-0.1, -0.05) is 31.2 Å². The summed E-state index contributed by atoms with van der Waals surface area (Å²) in [5.74, 6) is 0.